The SMILES string of the molecule is COC(C)C(=O)Nc1ccc(-c2nnco2)cc1. The topological polar surface area (TPSA) is 77.2 Å². The lowest BCUT2D eigenvalue weighted by molar-refractivity contribution is -0.124. The summed E-state index contributed by atoms with van der Waals surface area (Å²) in [4.78, 5) is 11.6. The van der Waals surface area contributed by atoms with E-state index in [1.54, 1.807) is 31.2 Å². The second-order valence-corrected chi connectivity index (χ2v) is 3.69. The molecule has 94 valence electrons. The van der Waals surface area contributed by atoms with E-state index >= 15 is 0 Å². The van der Waals surface area contributed by atoms with E-state index in [1.165, 1.54) is 13.5 Å². The number of carbonyl (C=O) groups excluding carboxylic acids is 1. The molecule has 0 saturated heterocycles. The van der Waals surface area contributed by atoms with Crippen LogP contribution in [0.2, 0.25) is 0 Å². The van der Waals surface area contributed by atoms with E-state index < -0.39 is 6.10 Å². The monoisotopic (exact) mass is 247 g/mol. The molecule has 1 aromatic carbocycles. The molecule has 0 radical (unpaired) electrons. The van der Waals surface area contributed by atoms with E-state index in [9.17, 15) is 4.79 Å². The number of rotatable bonds is 4. The van der Waals surface area contributed by atoms with Gasteiger partial charge in [-0.25, -0.2) is 0 Å². The number of ether oxygens (including phenoxy) is 1. The summed E-state index contributed by atoms with van der Waals surface area (Å²) < 4.78 is 9.99. The molecule has 18 heavy (non-hydrogen) atoms. The number of nitrogens with one attached hydrogen (secondary N) is 1. The molecule has 6 nitrogen and oxygen atoms in total. The van der Waals surface area contributed by atoms with Crippen molar-refractivity contribution in [3.63, 3.8) is 0 Å². The smallest absolute Gasteiger partial charge is 0.253 e. The summed E-state index contributed by atoms with van der Waals surface area (Å²) in [7, 11) is 1.49. The number of hydrogen-bond acceptors (Lipinski definition) is 5. The Morgan fingerprint density at radius 3 is 2.67 bits per heavy atom. The molecule has 1 heterocycles. The zero-order valence-electron chi connectivity index (χ0n) is 10.1. The number of aromatic nitrogens is 2. The molecule has 0 saturated carbocycles. The first-order valence-corrected chi connectivity index (χ1v) is 5.41. The number of methoxy groups -OCH3 is 1. The van der Waals surface area contributed by atoms with Gasteiger partial charge in [-0.3, -0.25) is 4.79 Å². The van der Waals surface area contributed by atoms with Crippen LogP contribution in [-0.2, 0) is 9.53 Å². The zero-order valence-corrected chi connectivity index (χ0v) is 10.1. The zero-order chi connectivity index (χ0) is 13.0. The number of anilines is 1. The van der Waals surface area contributed by atoms with Crippen molar-refractivity contribution in [1.29, 1.82) is 0 Å². The van der Waals surface area contributed by atoms with Crippen molar-refractivity contribution in [3.8, 4) is 11.5 Å². The van der Waals surface area contributed by atoms with Crippen LogP contribution in [0.1, 0.15) is 6.92 Å². The second-order valence-electron chi connectivity index (χ2n) is 3.69. The minimum absolute atomic E-state index is 0.192. The van der Waals surface area contributed by atoms with Gasteiger partial charge in [0.25, 0.3) is 5.91 Å². The molecule has 1 aromatic heterocycles. The predicted molar refractivity (Wildman–Crippen MR) is 64.8 cm³/mol. The molecule has 1 amide bonds. The van der Waals surface area contributed by atoms with Crippen molar-refractivity contribution in [2.45, 2.75) is 13.0 Å². The molecule has 0 spiro atoms. The molecule has 1 unspecified atom stereocenters. The van der Waals surface area contributed by atoms with E-state index in [1.807, 2.05) is 0 Å². The number of nitrogens with zero attached hydrogens (tertiary/aromatic N) is 2. The molecule has 2 aromatic rings. The van der Waals surface area contributed by atoms with E-state index in [-0.39, 0.29) is 5.91 Å². The fourth-order valence-electron chi connectivity index (χ4n) is 1.35. The standard InChI is InChI=1S/C12H13N3O3/c1-8(17-2)11(16)14-10-5-3-9(4-6-10)12-15-13-7-18-12/h3-8H,1-2H3,(H,14,16). The van der Waals surface area contributed by atoms with Crippen LogP contribution in [-0.4, -0.2) is 29.3 Å². The Balaban J connectivity index is 2.06. The minimum Gasteiger partial charge on any atom is -0.423 e. The number of benzene rings is 1. The maximum atomic E-state index is 11.6. The third-order valence-corrected chi connectivity index (χ3v) is 2.48. The Morgan fingerprint density at radius 1 is 1.39 bits per heavy atom. The average Bonchev–Trinajstić information content (AvgIpc) is 2.92. The van der Waals surface area contributed by atoms with E-state index in [0.717, 1.165) is 5.56 Å². The van der Waals surface area contributed by atoms with Crippen LogP contribution in [0.3, 0.4) is 0 Å². The van der Waals surface area contributed by atoms with Crippen molar-refractivity contribution in [3.05, 3.63) is 30.7 Å². The van der Waals surface area contributed by atoms with Gasteiger partial charge in [0.1, 0.15) is 6.10 Å². The molecule has 1 atom stereocenters. The fourth-order valence-corrected chi connectivity index (χ4v) is 1.35. The van der Waals surface area contributed by atoms with Crippen molar-refractivity contribution < 1.29 is 13.9 Å². The molecular formula is C12H13N3O3. The third kappa shape index (κ3) is 2.72. The molecular weight excluding hydrogens is 234 g/mol. The summed E-state index contributed by atoms with van der Waals surface area (Å²) >= 11 is 0. The van der Waals surface area contributed by atoms with Crippen LogP contribution in [0.5, 0.6) is 0 Å². The normalized spacial score (nSPS) is 12.1. The van der Waals surface area contributed by atoms with E-state index in [2.05, 4.69) is 15.5 Å². The summed E-state index contributed by atoms with van der Waals surface area (Å²) in [5, 5.41) is 10.1. The van der Waals surface area contributed by atoms with Crippen molar-refractivity contribution in [2.75, 3.05) is 12.4 Å². The third-order valence-electron chi connectivity index (χ3n) is 2.48. The lowest BCUT2D eigenvalue weighted by Crippen LogP contribution is -2.26. The Hall–Kier alpha value is -2.21. The highest BCUT2D eigenvalue weighted by Gasteiger charge is 2.11. The highest BCUT2D eigenvalue weighted by atomic mass is 16.5. The van der Waals surface area contributed by atoms with Crippen LogP contribution in [0.25, 0.3) is 11.5 Å². The minimum atomic E-state index is -0.486. The fraction of sp³-hybridized carbons (Fsp3) is 0.250. The van der Waals surface area contributed by atoms with Gasteiger partial charge < -0.3 is 14.5 Å². The Labute approximate surface area is 104 Å². The Morgan fingerprint density at radius 2 is 2.11 bits per heavy atom. The second kappa shape index (κ2) is 5.42. The number of amides is 1. The molecule has 6 heteroatoms. The van der Waals surface area contributed by atoms with Gasteiger partial charge in [-0.15, -0.1) is 10.2 Å². The average molecular weight is 247 g/mol. The molecule has 1 N–H and O–H groups in total. The summed E-state index contributed by atoms with van der Waals surface area (Å²) in [6.45, 7) is 1.68. The number of carbonyl (C=O) groups is 1. The maximum Gasteiger partial charge on any atom is 0.253 e. The van der Waals surface area contributed by atoms with E-state index in [0.29, 0.717) is 11.6 Å². The summed E-state index contributed by atoms with van der Waals surface area (Å²) in [5.41, 5.74) is 1.48. The highest BCUT2D eigenvalue weighted by molar-refractivity contribution is 5.94. The van der Waals surface area contributed by atoms with Crippen LogP contribution >= 0.6 is 0 Å². The summed E-state index contributed by atoms with van der Waals surface area (Å²) in [5.74, 6) is 0.251. The van der Waals surface area contributed by atoms with Gasteiger partial charge in [0.2, 0.25) is 12.3 Å². The van der Waals surface area contributed by atoms with Gasteiger partial charge >= 0.3 is 0 Å². The Kier molecular flexibility index (Phi) is 3.69. The predicted octanol–water partition coefficient (Wildman–Crippen LogP) is 1.71. The van der Waals surface area contributed by atoms with Crippen molar-refractivity contribution in [2.24, 2.45) is 0 Å². The van der Waals surface area contributed by atoms with Gasteiger partial charge in [-0.1, -0.05) is 0 Å². The molecule has 0 aliphatic heterocycles. The highest BCUT2D eigenvalue weighted by Crippen LogP contribution is 2.18. The molecule has 0 bridgehead atoms. The van der Waals surface area contributed by atoms with Gasteiger partial charge in [-0.2, -0.15) is 0 Å². The molecule has 0 fully saturated rings. The van der Waals surface area contributed by atoms with Gasteiger partial charge in [-0.05, 0) is 31.2 Å². The first-order chi connectivity index (χ1) is 8.70. The lowest BCUT2D eigenvalue weighted by Gasteiger charge is -2.10. The van der Waals surface area contributed by atoms with Crippen LogP contribution < -0.4 is 5.32 Å². The van der Waals surface area contributed by atoms with Crippen LogP contribution in [0.4, 0.5) is 5.69 Å². The van der Waals surface area contributed by atoms with Gasteiger partial charge in [0.05, 0.1) is 0 Å². The summed E-state index contributed by atoms with van der Waals surface area (Å²) in [6, 6.07) is 7.11. The number of hydrogen-bond donors (Lipinski definition) is 1. The van der Waals surface area contributed by atoms with Gasteiger partial charge in [0, 0.05) is 18.4 Å². The Bertz CT molecular complexity index is 508. The van der Waals surface area contributed by atoms with Crippen molar-refractivity contribution >= 4 is 11.6 Å². The quantitative estimate of drug-likeness (QED) is 0.889. The largest absolute Gasteiger partial charge is 0.423 e. The molecule has 0 aliphatic rings. The molecule has 2 rings (SSSR count). The first kappa shape index (κ1) is 12.3. The van der Waals surface area contributed by atoms with Gasteiger partial charge in [0.15, 0.2) is 0 Å². The van der Waals surface area contributed by atoms with Crippen LogP contribution in [0, 0.1) is 0 Å². The maximum absolute atomic E-state index is 11.6. The van der Waals surface area contributed by atoms with Crippen molar-refractivity contribution in [1.82, 2.24) is 10.2 Å². The van der Waals surface area contributed by atoms with E-state index in [4.69, 9.17) is 9.15 Å². The lowest BCUT2D eigenvalue weighted by atomic mass is 10.2. The molecule has 0 aliphatic carbocycles. The summed E-state index contributed by atoms with van der Waals surface area (Å²) in [6.07, 6.45) is 0.784. The van der Waals surface area contributed by atoms with Crippen LogP contribution in [0.15, 0.2) is 35.1 Å². The first-order valence-electron chi connectivity index (χ1n) is 5.41.